The van der Waals surface area contributed by atoms with Crippen molar-refractivity contribution >= 4 is 22.4 Å². The number of ether oxygens (including phenoxy) is 2. The van der Waals surface area contributed by atoms with Gasteiger partial charge in [0.05, 0.1) is 23.7 Å². The van der Waals surface area contributed by atoms with Crippen LogP contribution < -0.4 is 4.74 Å². The summed E-state index contributed by atoms with van der Waals surface area (Å²) in [5, 5.41) is 0.904. The topological polar surface area (TPSA) is 61.3 Å². The van der Waals surface area contributed by atoms with Crippen LogP contribution in [0.4, 0.5) is 0 Å². The second-order valence-corrected chi connectivity index (χ2v) is 5.37. The first-order valence-corrected chi connectivity index (χ1v) is 7.27. The maximum absolute atomic E-state index is 11.1. The van der Waals surface area contributed by atoms with E-state index >= 15 is 0 Å². The smallest absolute Gasteiger partial charge is 0.303 e. The van der Waals surface area contributed by atoms with Gasteiger partial charge in [-0.15, -0.1) is 0 Å². The molecule has 1 aliphatic rings. The lowest BCUT2D eigenvalue weighted by molar-refractivity contribution is -0.144. The maximum Gasteiger partial charge on any atom is 0.303 e. The average Bonchev–Trinajstić information content (AvgIpc) is 2.95. The summed E-state index contributed by atoms with van der Waals surface area (Å²) >= 11 is 0. The number of pyridine rings is 2. The van der Waals surface area contributed by atoms with E-state index in [-0.39, 0.29) is 12.1 Å². The van der Waals surface area contributed by atoms with Crippen LogP contribution in [0.2, 0.25) is 0 Å². The third-order valence-corrected chi connectivity index (χ3v) is 3.86. The summed E-state index contributed by atoms with van der Waals surface area (Å²) in [6.45, 7) is 3.44. The van der Waals surface area contributed by atoms with Crippen LogP contribution >= 0.6 is 0 Å². The fourth-order valence-corrected chi connectivity index (χ4v) is 2.89. The Balaban J connectivity index is 2.08. The first kappa shape index (κ1) is 14.5. The predicted octanol–water partition coefficient (Wildman–Crippen LogP) is 3.06. The number of hydrogen-bond donors (Lipinski definition) is 0. The van der Waals surface area contributed by atoms with Gasteiger partial charge in [0.15, 0.2) is 0 Å². The van der Waals surface area contributed by atoms with Gasteiger partial charge < -0.3 is 9.47 Å². The number of allylic oxidation sites excluding steroid dienone is 1. The number of aryl methyl sites for hydroxylation is 1. The second-order valence-electron chi connectivity index (χ2n) is 5.37. The van der Waals surface area contributed by atoms with Crippen LogP contribution in [-0.4, -0.2) is 29.2 Å². The van der Waals surface area contributed by atoms with Crippen LogP contribution in [0.15, 0.2) is 24.4 Å². The van der Waals surface area contributed by atoms with Crippen molar-refractivity contribution in [3.05, 3.63) is 35.7 Å². The summed E-state index contributed by atoms with van der Waals surface area (Å²) < 4.78 is 10.7. The first-order valence-electron chi connectivity index (χ1n) is 7.27. The molecule has 2 aromatic rings. The van der Waals surface area contributed by atoms with Crippen LogP contribution in [0.5, 0.6) is 5.88 Å². The molecule has 1 aliphatic carbocycles. The monoisotopic (exact) mass is 298 g/mol. The molecule has 22 heavy (non-hydrogen) atoms. The van der Waals surface area contributed by atoms with Crippen LogP contribution in [-0.2, 0) is 9.53 Å². The highest BCUT2D eigenvalue weighted by molar-refractivity contribution is 5.89. The van der Waals surface area contributed by atoms with E-state index in [9.17, 15) is 4.79 Å². The summed E-state index contributed by atoms with van der Waals surface area (Å²) in [5.41, 5.74) is 3.86. The lowest BCUT2D eigenvalue weighted by atomic mass is 10.0. The molecule has 0 saturated heterocycles. The van der Waals surface area contributed by atoms with Crippen molar-refractivity contribution in [3.63, 3.8) is 0 Å². The quantitative estimate of drug-likeness (QED) is 0.815. The van der Waals surface area contributed by atoms with Crippen molar-refractivity contribution in [1.82, 2.24) is 9.97 Å². The Hall–Kier alpha value is -2.43. The number of hydrogen-bond acceptors (Lipinski definition) is 5. The van der Waals surface area contributed by atoms with Crippen LogP contribution in [0, 0.1) is 6.92 Å². The standard InChI is InChI=1S/C17H18N2O3/c1-10-15(12-6-7-13(9-12)22-11(2)20)19-17(21-3)14-5-4-8-18-16(10)14/h4-5,8-9,13H,6-7H2,1-3H3. The van der Waals surface area contributed by atoms with Gasteiger partial charge >= 0.3 is 5.97 Å². The fraction of sp³-hybridized carbons (Fsp3) is 0.353. The minimum Gasteiger partial charge on any atom is -0.480 e. The molecule has 1 unspecified atom stereocenters. The van der Waals surface area contributed by atoms with E-state index in [0.717, 1.165) is 40.6 Å². The van der Waals surface area contributed by atoms with Gasteiger partial charge in [-0.25, -0.2) is 4.98 Å². The van der Waals surface area contributed by atoms with Crippen LogP contribution in [0.3, 0.4) is 0 Å². The summed E-state index contributed by atoms with van der Waals surface area (Å²) in [5.74, 6) is 0.311. The molecular weight excluding hydrogens is 280 g/mol. The number of nitrogens with zero attached hydrogens (tertiary/aromatic N) is 2. The van der Waals surface area contributed by atoms with Gasteiger partial charge in [0.25, 0.3) is 0 Å². The molecule has 5 heteroatoms. The molecule has 0 amide bonds. The lowest BCUT2D eigenvalue weighted by Crippen LogP contribution is -2.10. The summed E-state index contributed by atoms with van der Waals surface area (Å²) in [4.78, 5) is 20.2. The number of esters is 1. The van der Waals surface area contributed by atoms with Crippen LogP contribution in [0.1, 0.15) is 31.0 Å². The SMILES string of the molecule is COc1nc(C2=CC(OC(C)=O)CC2)c(C)c2ncccc12. The molecule has 0 fully saturated rings. The highest BCUT2D eigenvalue weighted by Gasteiger charge is 2.23. The molecule has 3 rings (SSSR count). The van der Waals surface area contributed by atoms with Gasteiger partial charge in [0, 0.05) is 18.7 Å². The molecule has 1 atom stereocenters. The number of rotatable bonds is 3. The van der Waals surface area contributed by atoms with E-state index < -0.39 is 0 Å². The van der Waals surface area contributed by atoms with Gasteiger partial charge in [0.2, 0.25) is 5.88 Å². The van der Waals surface area contributed by atoms with Crippen LogP contribution in [0.25, 0.3) is 16.5 Å². The van der Waals surface area contributed by atoms with Gasteiger partial charge in [-0.2, -0.15) is 0 Å². The van der Waals surface area contributed by atoms with Gasteiger partial charge in [-0.05, 0) is 43.5 Å². The van der Waals surface area contributed by atoms with Gasteiger partial charge in [0.1, 0.15) is 6.10 Å². The van der Waals surface area contributed by atoms with Gasteiger partial charge in [-0.1, -0.05) is 0 Å². The first-order chi connectivity index (χ1) is 10.6. The zero-order valence-corrected chi connectivity index (χ0v) is 12.9. The Labute approximate surface area is 129 Å². The Morgan fingerprint density at radius 3 is 2.95 bits per heavy atom. The third-order valence-electron chi connectivity index (χ3n) is 3.86. The number of methoxy groups -OCH3 is 1. The molecule has 2 heterocycles. The van der Waals surface area contributed by atoms with E-state index in [1.807, 2.05) is 25.1 Å². The summed E-state index contributed by atoms with van der Waals surface area (Å²) in [6, 6.07) is 3.83. The van der Waals surface area contributed by atoms with Crippen molar-refractivity contribution in [3.8, 4) is 5.88 Å². The largest absolute Gasteiger partial charge is 0.480 e. The minimum atomic E-state index is -0.259. The molecule has 0 radical (unpaired) electrons. The number of fused-ring (bicyclic) bond motifs is 1. The minimum absolute atomic E-state index is 0.167. The highest BCUT2D eigenvalue weighted by atomic mass is 16.5. The zero-order valence-electron chi connectivity index (χ0n) is 12.9. The molecule has 2 aromatic heterocycles. The Kier molecular flexibility index (Phi) is 3.79. The second kappa shape index (κ2) is 5.75. The molecule has 114 valence electrons. The normalized spacial score (nSPS) is 17.4. The van der Waals surface area contributed by atoms with Gasteiger partial charge in [-0.3, -0.25) is 9.78 Å². The number of aromatic nitrogens is 2. The summed E-state index contributed by atoms with van der Waals surface area (Å²) in [6.07, 6.45) is 5.19. The molecular formula is C17H18N2O3. The Morgan fingerprint density at radius 2 is 2.23 bits per heavy atom. The maximum atomic E-state index is 11.1. The van der Waals surface area contributed by atoms with Crippen molar-refractivity contribution in [1.29, 1.82) is 0 Å². The molecule has 5 nitrogen and oxygen atoms in total. The molecule has 0 aromatic carbocycles. The Bertz CT molecular complexity index is 768. The fourth-order valence-electron chi connectivity index (χ4n) is 2.89. The predicted molar refractivity (Wildman–Crippen MR) is 83.6 cm³/mol. The zero-order chi connectivity index (χ0) is 15.7. The van der Waals surface area contributed by atoms with Crippen molar-refractivity contribution in [2.24, 2.45) is 0 Å². The van der Waals surface area contributed by atoms with E-state index in [4.69, 9.17) is 9.47 Å². The third kappa shape index (κ3) is 2.54. The van der Waals surface area contributed by atoms with E-state index in [1.165, 1.54) is 6.92 Å². The van der Waals surface area contributed by atoms with E-state index in [2.05, 4.69) is 9.97 Å². The molecule has 0 spiro atoms. The van der Waals surface area contributed by atoms with Crippen molar-refractivity contribution in [2.75, 3.05) is 7.11 Å². The van der Waals surface area contributed by atoms with Crippen molar-refractivity contribution < 1.29 is 14.3 Å². The Morgan fingerprint density at radius 1 is 1.41 bits per heavy atom. The number of carbonyl (C=O) groups is 1. The molecule has 0 N–H and O–H groups in total. The summed E-state index contributed by atoms with van der Waals surface area (Å²) in [7, 11) is 1.61. The van der Waals surface area contributed by atoms with Crippen molar-refractivity contribution in [2.45, 2.75) is 32.8 Å². The number of carbonyl (C=O) groups excluding carboxylic acids is 1. The molecule has 0 bridgehead atoms. The van der Waals surface area contributed by atoms with E-state index in [0.29, 0.717) is 5.88 Å². The molecule has 0 saturated carbocycles. The lowest BCUT2D eigenvalue weighted by Gasteiger charge is -2.12. The highest BCUT2D eigenvalue weighted by Crippen LogP contribution is 2.35. The average molecular weight is 298 g/mol. The van der Waals surface area contributed by atoms with E-state index in [1.54, 1.807) is 13.3 Å². The molecule has 0 aliphatic heterocycles.